The third kappa shape index (κ3) is 4.10. The lowest BCUT2D eigenvalue weighted by Gasteiger charge is -2.08. The number of rotatable bonds is 6. The zero-order valence-corrected chi connectivity index (χ0v) is 10.2. The monoisotopic (exact) mass is 260 g/mol. The van der Waals surface area contributed by atoms with Crippen molar-refractivity contribution in [3.63, 3.8) is 0 Å². The summed E-state index contributed by atoms with van der Waals surface area (Å²) in [6.45, 7) is 0.735. The molecule has 0 aliphatic carbocycles. The maximum Gasteiger partial charge on any atom is 0.150 e. The maximum atomic E-state index is 12.7. The summed E-state index contributed by atoms with van der Waals surface area (Å²) in [5.74, 6) is 0.980. The summed E-state index contributed by atoms with van der Waals surface area (Å²) < 4.78 is 23.5. The highest BCUT2D eigenvalue weighted by Gasteiger charge is 1.97. The van der Waals surface area contributed by atoms with Gasteiger partial charge in [0.15, 0.2) is 0 Å². The molecule has 0 radical (unpaired) electrons. The number of carbonyl (C=O) groups excluding carboxylic acids is 1. The van der Waals surface area contributed by atoms with Gasteiger partial charge in [-0.3, -0.25) is 4.79 Å². The van der Waals surface area contributed by atoms with Gasteiger partial charge in [-0.15, -0.1) is 0 Å². The van der Waals surface area contributed by atoms with Crippen LogP contribution in [0.5, 0.6) is 11.5 Å². The Hall–Kier alpha value is -2.36. The highest BCUT2D eigenvalue weighted by atomic mass is 19.1. The third-order valence-corrected chi connectivity index (χ3v) is 2.45. The summed E-state index contributed by atoms with van der Waals surface area (Å²) in [5, 5.41) is 0. The van der Waals surface area contributed by atoms with E-state index < -0.39 is 0 Å². The van der Waals surface area contributed by atoms with Crippen molar-refractivity contribution >= 4 is 6.29 Å². The van der Waals surface area contributed by atoms with Crippen LogP contribution in [-0.4, -0.2) is 19.5 Å². The first-order chi connectivity index (χ1) is 9.28. The summed E-state index contributed by atoms with van der Waals surface area (Å²) in [7, 11) is 0. The largest absolute Gasteiger partial charge is 0.490 e. The minimum Gasteiger partial charge on any atom is -0.490 e. The summed E-state index contributed by atoms with van der Waals surface area (Å²) in [5.41, 5.74) is 0.606. The van der Waals surface area contributed by atoms with Crippen LogP contribution in [0, 0.1) is 5.82 Å². The van der Waals surface area contributed by atoms with Crippen molar-refractivity contribution in [3.8, 4) is 11.5 Å². The molecule has 0 fully saturated rings. The summed E-state index contributed by atoms with van der Waals surface area (Å²) in [4.78, 5) is 10.5. The van der Waals surface area contributed by atoms with Crippen LogP contribution in [-0.2, 0) is 0 Å². The molecule has 3 nitrogen and oxygen atoms in total. The van der Waals surface area contributed by atoms with E-state index in [1.54, 1.807) is 36.4 Å². The SMILES string of the molecule is O=Cc1ccc(OCCOc2ccc(F)cc2)cc1. The molecule has 0 bridgehead atoms. The maximum absolute atomic E-state index is 12.7. The first-order valence-corrected chi connectivity index (χ1v) is 5.84. The number of benzene rings is 2. The first kappa shape index (κ1) is 13.1. The van der Waals surface area contributed by atoms with Crippen LogP contribution >= 0.6 is 0 Å². The minimum absolute atomic E-state index is 0.293. The Labute approximate surface area is 110 Å². The minimum atomic E-state index is -0.293. The third-order valence-electron chi connectivity index (χ3n) is 2.45. The Balaban J connectivity index is 1.74. The molecule has 0 atom stereocenters. The molecule has 19 heavy (non-hydrogen) atoms. The van der Waals surface area contributed by atoms with Gasteiger partial charge >= 0.3 is 0 Å². The highest BCUT2D eigenvalue weighted by Crippen LogP contribution is 2.12. The molecule has 2 aromatic rings. The molecule has 98 valence electrons. The molecular formula is C15H13FO3. The van der Waals surface area contributed by atoms with Gasteiger partial charge in [-0.25, -0.2) is 4.39 Å². The van der Waals surface area contributed by atoms with Crippen LogP contribution in [0.3, 0.4) is 0 Å². The van der Waals surface area contributed by atoms with Gasteiger partial charge in [0.05, 0.1) is 0 Å². The molecular weight excluding hydrogens is 247 g/mol. The van der Waals surface area contributed by atoms with Crippen molar-refractivity contribution in [3.05, 3.63) is 59.9 Å². The van der Waals surface area contributed by atoms with Crippen LogP contribution in [0.25, 0.3) is 0 Å². The second-order valence-electron chi connectivity index (χ2n) is 3.84. The lowest BCUT2D eigenvalue weighted by atomic mass is 10.2. The van der Waals surface area contributed by atoms with E-state index in [0.717, 1.165) is 6.29 Å². The van der Waals surface area contributed by atoms with Crippen molar-refractivity contribution in [2.75, 3.05) is 13.2 Å². The predicted octanol–water partition coefficient (Wildman–Crippen LogP) is 3.10. The summed E-state index contributed by atoms with van der Waals surface area (Å²) in [6.07, 6.45) is 0.779. The van der Waals surface area contributed by atoms with E-state index in [1.165, 1.54) is 12.1 Å². The van der Waals surface area contributed by atoms with E-state index in [4.69, 9.17) is 9.47 Å². The van der Waals surface area contributed by atoms with Gasteiger partial charge in [-0.2, -0.15) is 0 Å². The predicted molar refractivity (Wildman–Crippen MR) is 69.2 cm³/mol. The van der Waals surface area contributed by atoms with Gasteiger partial charge < -0.3 is 9.47 Å². The smallest absolute Gasteiger partial charge is 0.150 e. The summed E-state index contributed by atoms with van der Waals surface area (Å²) >= 11 is 0. The fourth-order valence-electron chi connectivity index (χ4n) is 1.49. The van der Waals surface area contributed by atoms with Gasteiger partial charge in [-0.1, -0.05) is 0 Å². The van der Waals surface area contributed by atoms with Gasteiger partial charge in [0.25, 0.3) is 0 Å². The van der Waals surface area contributed by atoms with Crippen LogP contribution in [0.4, 0.5) is 4.39 Å². The van der Waals surface area contributed by atoms with Crippen LogP contribution in [0.2, 0.25) is 0 Å². The molecule has 2 aromatic carbocycles. The number of ether oxygens (including phenoxy) is 2. The zero-order valence-electron chi connectivity index (χ0n) is 10.2. The van der Waals surface area contributed by atoms with E-state index in [-0.39, 0.29) is 5.82 Å². The van der Waals surface area contributed by atoms with E-state index >= 15 is 0 Å². The lowest BCUT2D eigenvalue weighted by molar-refractivity contribution is 0.112. The topological polar surface area (TPSA) is 35.5 Å². The number of aldehydes is 1. The van der Waals surface area contributed by atoms with Crippen molar-refractivity contribution in [2.45, 2.75) is 0 Å². The molecule has 4 heteroatoms. The van der Waals surface area contributed by atoms with Crippen molar-refractivity contribution < 1.29 is 18.7 Å². The number of carbonyl (C=O) groups is 1. The molecule has 0 amide bonds. The molecule has 0 heterocycles. The lowest BCUT2D eigenvalue weighted by Crippen LogP contribution is -2.08. The van der Waals surface area contributed by atoms with Crippen molar-refractivity contribution in [2.24, 2.45) is 0 Å². The molecule has 0 spiro atoms. The Kier molecular flexibility index (Phi) is 4.50. The molecule has 0 aromatic heterocycles. The van der Waals surface area contributed by atoms with Crippen LogP contribution in [0.1, 0.15) is 10.4 Å². The van der Waals surface area contributed by atoms with Crippen LogP contribution in [0.15, 0.2) is 48.5 Å². The van der Waals surface area contributed by atoms with E-state index in [1.807, 2.05) is 0 Å². The number of halogens is 1. The summed E-state index contributed by atoms with van der Waals surface area (Å²) in [6, 6.07) is 12.6. The van der Waals surface area contributed by atoms with E-state index in [9.17, 15) is 9.18 Å². The van der Waals surface area contributed by atoms with Crippen molar-refractivity contribution in [1.29, 1.82) is 0 Å². The number of hydrogen-bond acceptors (Lipinski definition) is 3. The molecule has 0 aliphatic rings. The molecule has 0 saturated carbocycles. The molecule has 0 N–H and O–H groups in total. The first-order valence-electron chi connectivity index (χ1n) is 5.84. The molecule has 0 saturated heterocycles. The standard InChI is InChI=1S/C15H13FO3/c16-13-3-7-15(8-4-13)19-10-9-18-14-5-1-12(11-17)2-6-14/h1-8,11H,9-10H2. The Bertz CT molecular complexity index is 520. The van der Waals surface area contributed by atoms with E-state index in [2.05, 4.69) is 0 Å². The van der Waals surface area contributed by atoms with Gasteiger partial charge in [0.2, 0.25) is 0 Å². The zero-order chi connectivity index (χ0) is 13.5. The quantitative estimate of drug-likeness (QED) is 0.591. The van der Waals surface area contributed by atoms with Gasteiger partial charge in [0.1, 0.15) is 36.8 Å². The molecule has 0 unspecified atom stereocenters. The Morgan fingerprint density at radius 3 is 1.79 bits per heavy atom. The average molecular weight is 260 g/mol. The fourth-order valence-corrected chi connectivity index (χ4v) is 1.49. The van der Waals surface area contributed by atoms with E-state index in [0.29, 0.717) is 30.3 Å². The highest BCUT2D eigenvalue weighted by molar-refractivity contribution is 5.74. The second kappa shape index (κ2) is 6.54. The van der Waals surface area contributed by atoms with Crippen LogP contribution < -0.4 is 9.47 Å². The number of hydrogen-bond donors (Lipinski definition) is 0. The fraction of sp³-hybridized carbons (Fsp3) is 0.133. The van der Waals surface area contributed by atoms with Crippen molar-refractivity contribution in [1.82, 2.24) is 0 Å². The molecule has 0 aliphatic heterocycles. The normalized spacial score (nSPS) is 9.95. The van der Waals surface area contributed by atoms with Gasteiger partial charge in [-0.05, 0) is 48.5 Å². The molecule has 2 rings (SSSR count). The Morgan fingerprint density at radius 2 is 1.32 bits per heavy atom. The second-order valence-corrected chi connectivity index (χ2v) is 3.84. The average Bonchev–Trinajstić information content (AvgIpc) is 2.46. The Morgan fingerprint density at radius 1 is 0.842 bits per heavy atom. The van der Waals surface area contributed by atoms with Gasteiger partial charge in [0, 0.05) is 5.56 Å².